The van der Waals surface area contributed by atoms with Crippen LogP contribution in [0.15, 0.2) is 24.3 Å². The zero-order chi connectivity index (χ0) is 14.3. The van der Waals surface area contributed by atoms with Gasteiger partial charge in [-0.05, 0) is 13.1 Å². The largest absolute Gasteiger partial charge is 0.483 e. The summed E-state index contributed by atoms with van der Waals surface area (Å²) in [6, 6.07) is 7.63. The summed E-state index contributed by atoms with van der Waals surface area (Å²) in [4.78, 5) is 15.0. The van der Waals surface area contributed by atoms with Gasteiger partial charge in [0.15, 0.2) is 6.61 Å². The highest BCUT2D eigenvalue weighted by Crippen LogP contribution is 2.19. The van der Waals surface area contributed by atoms with Crippen molar-refractivity contribution in [2.45, 2.75) is 6.54 Å². The van der Waals surface area contributed by atoms with Crippen LogP contribution < -0.4 is 4.74 Å². The third-order valence-corrected chi connectivity index (χ3v) is 2.74. The third kappa shape index (κ3) is 5.28. The Morgan fingerprint density at radius 1 is 1.26 bits per heavy atom. The Labute approximate surface area is 114 Å². The van der Waals surface area contributed by atoms with Crippen molar-refractivity contribution >= 4 is 5.91 Å². The molecule has 0 aromatic heterocycles. The maximum atomic E-state index is 11.5. The molecule has 1 amide bonds. The minimum Gasteiger partial charge on any atom is -0.483 e. The predicted molar refractivity (Wildman–Crippen MR) is 74.1 cm³/mol. The molecule has 0 fully saturated rings. The molecule has 0 bridgehead atoms. The van der Waals surface area contributed by atoms with Crippen molar-refractivity contribution in [3.05, 3.63) is 29.8 Å². The second-order valence-electron chi connectivity index (χ2n) is 4.65. The lowest BCUT2D eigenvalue weighted by Crippen LogP contribution is -2.28. The highest BCUT2D eigenvalue weighted by Gasteiger charge is 2.09. The fourth-order valence-electron chi connectivity index (χ4n) is 1.58. The average Bonchev–Trinajstić information content (AvgIpc) is 2.37. The first-order chi connectivity index (χ1) is 9.04. The number of likely N-dealkylation sites (N-methyl/N-ethyl adjacent to an activating group) is 2. The SMILES string of the molecule is CN(CCO)Cc1ccccc1OCC(=O)N(C)C. The van der Waals surface area contributed by atoms with E-state index in [-0.39, 0.29) is 19.1 Å². The summed E-state index contributed by atoms with van der Waals surface area (Å²) < 4.78 is 5.56. The number of benzene rings is 1. The number of aliphatic hydroxyl groups excluding tert-OH is 1. The van der Waals surface area contributed by atoms with Gasteiger partial charge in [0.2, 0.25) is 0 Å². The Balaban J connectivity index is 2.65. The van der Waals surface area contributed by atoms with Crippen LogP contribution in [-0.2, 0) is 11.3 Å². The molecule has 0 aliphatic heterocycles. The molecule has 0 aliphatic carbocycles. The van der Waals surface area contributed by atoms with Gasteiger partial charge >= 0.3 is 0 Å². The monoisotopic (exact) mass is 266 g/mol. The van der Waals surface area contributed by atoms with E-state index in [1.54, 1.807) is 14.1 Å². The summed E-state index contributed by atoms with van der Waals surface area (Å²) in [5.74, 6) is 0.640. The number of amides is 1. The Morgan fingerprint density at radius 3 is 2.58 bits per heavy atom. The fraction of sp³-hybridized carbons (Fsp3) is 0.500. The summed E-state index contributed by atoms with van der Waals surface area (Å²) in [6.07, 6.45) is 0. The molecule has 0 radical (unpaired) electrons. The second-order valence-corrected chi connectivity index (χ2v) is 4.65. The van der Waals surface area contributed by atoms with Gasteiger partial charge in [0.1, 0.15) is 5.75 Å². The van der Waals surface area contributed by atoms with E-state index in [0.29, 0.717) is 18.8 Å². The van der Waals surface area contributed by atoms with Crippen molar-refractivity contribution in [2.24, 2.45) is 0 Å². The maximum absolute atomic E-state index is 11.5. The molecule has 19 heavy (non-hydrogen) atoms. The van der Waals surface area contributed by atoms with E-state index in [9.17, 15) is 4.79 Å². The molecule has 5 heteroatoms. The van der Waals surface area contributed by atoms with Crippen molar-refractivity contribution in [3.63, 3.8) is 0 Å². The Morgan fingerprint density at radius 2 is 1.95 bits per heavy atom. The molecule has 0 atom stereocenters. The van der Waals surface area contributed by atoms with Crippen molar-refractivity contribution in [1.29, 1.82) is 0 Å². The van der Waals surface area contributed by atoms with Crippen molar-refractivity contribution in [1.82, 2.24) is 9.80 Å². The van der Waals surface area contributed by atoms with Gasteiger partial charge in [-0.15, -0.1) is 0 Å². The number of hydrogen-bond donors (Lipinski definition) is 1. The number of ether oxygens (including phenoxy) is 1. The van der Waals surface area contributed by atoms with E-state index in [2.05, 4.69) is 0 Å². The molecule has 1 rings (SSSR count). The zero-order valence-corrected chi connectivity index (χ0v) is 11.8. The van der Waals surface area contributed by atoms with Crippen LogP contribution in [0.1, 0.15) is 5.56 Å². The summed E-state index contributed by atoms with van der Waals surface area (Å²) in [6.45, 7) is 1.43. The standard InChI is InChI=1S/C14H22N2O3/c1-15(2)14(18)11-19-13-7-5-4-6-12(13)10-16(3)8-9-17/h4-7,17H,8-11H2,1-3H3. The molecule has 0 saturated carbocycles. The normalized spacial score (nSPS) is 10.6. The van der Waals surface area contributed by atoms with Gasteiger partial charge in [-0.3, -0.25) is 9.69 Å². The number of carbonyl (C=O) groups excluding carboxylic acids is 1. The Bertz CT molecular complexity index is 407. The Kier molecular flexibility index (Phi) is 6.32. The quantitative estimate of drug-likeness (QED) is 0.784. The van der Waals surface area contributed by atoms with Crippen molar-refractivity contribution in [3.8, 4) is 5.75 Å². The molecule has 0 heterocycles. The van der Waals surface area contributed by atoms with E-state index in [1.165, 1.54) is 4.90 Å². The van der Waals surface area contributed by atoms with Gasteiger partial charge in [0.25, 0.3) is 5.91 Å². The molecule has 5 nitrogen and oxygen atoms in total. The average molecular weight is 266 g/mol. The lowest BCUT2D eigenvalue weighted by atomic mass is 10.2. The molecule has 0 aliphatic rings. The van der Waals surface area contributed by atoms with E-state index >= 15 is 0 Å². The number of para-hydroxylation sites is 1. The maximum Gasteiger partial charge on any atom is 0.259 e. The lowest BCUT2D eigenvalue weighted by molar-refractivity contribution is -0.130. The van der Waals surface area contributed by atoms with Gasteiger partial charge < -0.3 is 14.7 Å². The van der Waals surface area contributed by atoms with E-state index < -0.39 is 0 Å². The van der Waals surface area contributed by atoms with E-state index in [4.69, 9.17) is 9.84 Å². The molecule has 0 spiro atoms. The number of carbonyl (C=O) groups is 1. The molecule has 0 saturated heterocycles. The molecule has 0 unspecified atom stereocenters. The number of hydrogen-bond acceptors (Lipinski definition) is 4. The summed E-state index contributed by atoms with van der Waals surface area (Å²) in [5, 5.41) is 8.90. The summed E-state index contributed by atoms with van der Waals surface area (Å²) in [5.41, 5.74) is 1.00. The first kappa shape index (κ1) is 15.5. The highest BCUT2D eigenvalue weighted by molar-refractivity contribution is 5.77. The summed E-state index contributed by atoms with van der Waals surface area (Å²) >= 11 is 0. The fourth-order valence-corrected chi connectivity index (χ4v) is 1.58. The third-order valence-electron chi connectivity index (χ3n) is 2.74. The first-order valence-electron chi connectivity index (χ1n) is 6.25. The van der Waals surface area contributed by atoms with Crippen LogP contribution in [0, 0.1) is 0 Å². The van der Waals surface area contributed by atoms with Crippen LogP contribution in [-0.4, -0.2) is 61.7 Å². The molecular weight excluding hydrogens is 244 g/mol. The van der Waals surface area contributed by atoms with Crippen LogP contribution in [0.2, 0.25) is 0 Å². The Hall–Kier alpha value is -1.59. The van der Waals surface area contributed by atoms with E-state index in [0.717, 1.165) is 5.56 Å². The number of nitrogens with zero attached hydrogens (tertiary/aromatic N) is 2. The predicted octanol–water partition coefficient (Wildman–Crippen LogP) is 0.578. The highest BCUT2D eigenvalue weighted by atomic mass is 16.5. The minimum absolute atomic E-state index is 0.0354. The van der Waals surface area contributed by atoms with Gasteiger partial charge in [-0.2, -0.15) is 0 Å². The molecular formula is C14H22N2O3. The summed E-state index contributed by atoms with van der Waals surface area (Å²) in [7, 11) is 5.33. The number of aliphatic hydroxyl groups is 1. The lowest BCUT2D eigenvalue weighted by Gasteiger charge is -2.18. The first-order valence-corrected chi connectivity index (χ1v) is 6.25. The van der Waals surface area contributed by atoms with Gasteiger partial charge in [0.05, 0.1) is 6.61 Å². The van der Waals surface area contributed by atoms with Crippen LogP contribution in [0.3, 0.4) is 0 Å². The minimum atomic E-state index is -0.0708. The second kappa shape index (κ2) is 7.76. The van der Waals surface area contributed by atoms with Crippen LogP contribution in [0.5, 0.6) is 5.75 Å². The van der Waals surface area contributed by atoms with Gasteiger partial charge in [0, 0.05) is 32.7 Å². The topological polar surface area (TPSA) is 53.0 Å². The number of rotatable bonds is 7. The molecule has 1 N–H and O–H groups in total. The van der Waals surface area contributed by atoms with Crippen LogP contribution in [0.4, 0.5) is 0 Å². The molecule has 1 aromatic rings. The van der Waals surface area contributed by atoms with Crippen molar-refractivity contribution < 1.29 is 14.6 Å². The smallest absolute Gasteiger partial charge is 0.259 e. The van der Waals surface area contributed by atoms with Gasteiger partial charge in [-0.1, -0.05) is 18.2 Å². The molecule has 1 aromatic carbocycles. The van der Waals surface area contributed by atoms with Crippen LogP contribution in [0.25, 0.3) is 0 Å². The van der Waals surface area contributed by atoms with Crippen LogP contribution >= 0.6 is 0 Å². The van der Waals surface area contributed by atoms with E-state index in [1.807, 2.05) is 36.2 Å². The van der Waals surface area contributed by atoms with Gasteiger partial charge in [-0.25, -0.2) is 0 Å². The molecule has 106 valence electrons. The zero-order valence-electron chi connectivity index (χ0n) is 11.8. The van der Waals surface area contributed by atoms with Crippen molar-refractivity contribution in [2.75, 3.05) is 40.9 Å².